The number of anilines is 1. The van der Waals surface area contributed by atoms with Crippen molar-refractivity contribution in [2.24, 2.45) is 0 Å². The molecule has 3 N–H and O–H groups in total. The minimum absolute atomic E-state index is 0.0399. The standard InChI is InChI=1S/C25H20ClN7O3/c26-17-7-4-8-19(22(17)24(35)32-20(27)12-18(30-32)14-9-10-14)36-13-16-11-21(34)33-25(28-16)29-23(31-33)15-5-2-1-3-6-15/h1-8,11-12,14H,9-10,13,27H2,(H,28,29,31). The van der Waals surface area contributed by atoms with Gasteiger partial charge in [0.25, 0.3) is 11.5 Å². The number of nitrogens with zero attached hydrogens (tertiary/aromatic N) is 5. The third kappa shape index (κ3) is 4.01. The Bertz CT molecular complexity index is 1670. The van der Waals surface area contributed by atoms with E-state index in [1.807, 2.05) is 30.3 Å². The third-order valence-corrected chi connectivity index (χ3v) is 6.25. The Balaban J connectivity index is 1.29. The number of hydrogen-bond donors (Lipinski definition) is 2. The third-order valence-electron chi connectivity index (χ3n) is 5.93. The lowest BCUT2D eigenvalue weighted by molar-refractivity contribution is 0.0943. The van der Waals surface area contributed by atoms with Crippen molar-refractivity contribution in [3.8, 4) is 17.1 Å². The van der Waals surface area contributed by atoms with Gasteiger partial charge in [0.15, 0.2) is 5.82 Å². The largest absolute Gasteiger partial charge is 0.486 e. The van der Waals surface area contributed by atoms with Gasteiger partial charge in [0, 0.05) is 23.6 Å². The summed E-state index contributed by atoms with van der Waals surface area (Å²) in [6.45, 7) is -0.0399. The van der Waals surface area contributed by atoms with Gasteiger partial charge in [-0.05, 0) is 25.0 Å². The molecule has 0 spiro atoms. The van der Waals surface area contributed by atoms with Crippen LogP contribution >= 0.6 is 11.6 Å². The van der Waals surface area contributed by atoms with Gasteiger partial charge in [0.1, 0.15) is 23.7 Å². The molecule has 6 rings (SSSR count). The number of halogens is 1. The molecule has 0 amide bonds. The molecule has 5 aromatic rings. The van der Waals surface area contributed by atoms with Gasteiger partial charge in [-0.2, -0.15) is 19.3 Å². The number of nitrogens with two attached hydrogens (primary N) is 1. The molecule has 11 heteroatoms. The highest BCUT2D eigenvalue weighted by Gasteiger charge is 2.29. The fourth-order valence-electron chi connectivity index (χ4n) is 3.97. The predicted molar refractivity (Wildman–Crippen MR) is 133 cm³/mol. The van der Waals surface area contributed by atoms with Gasteiger partial charge in [0.05, 0.1) is 16.4 Å². The molecule has 0 radical (unpaired) electrons. The molecule has 1 aliphatic rings. The van der Waals surface area contributed by atoms with Gasteiger partial charge in [-0.3, -0.25) is 9.59 Å². The van der Waals surface area contributed by atoms with Crippen molar-refractivity contribution in [2.45, 2.75) is 25.4 Å². The fraction of sp³-hybridized carbons (Fsp3) is 0.160. The van der Waals surface area contributed by atoms with Crippen LogP contribution < -0.4 is 16.0 Å². The first kappa shape index (κ1) is 22.1. The molecular weight excluding hydrogens is 482 g/mol. The fourth-order valence-corrected chi connectivity index (χ4v) is 4.22. The zero-order valence-electron chi connectivity index (χ0n) is 18.9. The maximum atomic E-state index is 13.3. The molecule has 3 heterocycles. The Morgan fingerprint density at radius 2 is 1.92 bits per heavy atom. The number of benzene rings is 2. The summed E-state index contributed by atoms with van der Waals surface area (Å²) >= 11 is 6.39. The van der Waals surface area contributed by atoms with E-state index < -0.39 is 5.91 Å². The molecule has 1 aliphatic carbocycles. The maximum Gasteiger partial charge on any atom is 0.285 e. The van der Waals surface area contributed by atoms with E-state index in [2.05, 4.69) is 20.2 Å². The van der Waals surface area contributed by atoms with Crippen LogP contribution in [0.4, 0.5) is 5.82 Å². The molecule has 0 unspecified atom stereocenters. The van der Waals surface area contributed by atoms with E-state index in [1.54, 1.807) is 24.3 Å². The average Bonchev–Trinajstić information content (AvgIpc) is 3.52. The molecule has 0 atom stereocenters. The predicted octanol–water partition coefficient (Wildman–Crippen LogP) is 3.66. The first-order chi connectivity index (χ1) is 17.5. The van der Waals surface area contributed by atoms with E-state index in [-0.39, 0.29) is 40.1 Å². The van der Waals surface area contributed by atoms with Crippen LogP contribution in [0.2, 0.25) is 5.02 Å². The van der Waals surface area contributed by atoms with Crippen LogP contribution in [-0.4, -0.2) is 35.3 Å². The molecule has 180 valence electrons. The van der Waals surface area contributed by atoms with Gasteiger partial charge >= 0.3 is 0 Å². The number of fused-ring (bicyclic) bond motifs is 1. The van der Waals surface area contributed by atoms with Gasteiger partial charge in [-0.1, -0.05) is 48.0 Å². The number of rotatable bonds is 6. The Morgan fingerprint density at radius 1 is 1.11 bits per heavy atom. The molecule has 0 saturated heterocycles. The number of nitrogen functional groups attached to an aromatic ring is 1. The van der Waals surface area contributed by atoms with Gasteiger partial charge < -0.3 is 15.5 Å². The lowest BCUT2D eigenvalue weighted by Gasteiger charge is -2.13. The molecule has 10 nitrogen and oxygen atoms in total. The zero-order chi connectivity index (χ0) is 24.8. The van der Waals surface area contributed by atoms with E-state index in [0.29, 0.717) is 17.4 Å². The highest BCUT2D eigenvalue weighted by Crippen LogP contribution is 2.40. The summed E-state index contributed by atoms with van der Waals surface area (Å²) in [6.07, 6.45) is 2.07. The monoisotopic (exact) mass is 501 g/mol. The van der Waals surface area contributed by atoms with E-state index in [9.17, 15) is 9.59 Å². The summed E-state index contributed by atoms with van der Waals surface area (Å²) in [5, 5.41) is 8.88. The van der Waals surface area contributed by atoms with E-state index in [1.165, 1.54) is 10.6 Å². The molecule has 1 saturated carbocycles. The van der Waals surface area contributed by atoms with Crippen LogP contribution in [-0.2, 0) is 6.61 Å². The number of nitrogens with one attached hydrogen (secondary N) is 1. The Hall–Kier alpha value is -4.44. The van der Waals surface area contributed by atoms with Gasteiger partial charge in [0.2, 0.25) is 5.78 Å². The summed E-state index contributed by atoms with van der Waals surface area (Å²) in [6, 6.07) is 17.3. The van der Waals surface area contributed by atoms with Crippen LogP contribution in [0.3, 0.4) is 0 Å². The van der Waals surface area contributed by atoms with Crippen LogP contribution in [0.1, 0.15) is 40.5 Å². The number of carbonyl (C=O) groups excluding carboxylic acids is 1. The summed E-state index contributed by atoms with van der Waals surface area (Å²) in [4.78, 5) is 33.5. The highest BCUT2D eigenvalue weighted by atomic mass is 35.5. The van der Waals surface area contributed by atoms with Crippen molar-refractivity contribution in [3.63, 3.8) is 0 Å². The minimum atomic E-state index is -0.492. The molecule has 3 aromatic heterocycles. The quantitative estimate of drug-likeness (QED) is 0.362. The summed E-state index contributed by atoms with van der Waals surface area (Å²) < 4.78 is 8.28. The second kappa shape index (κ2) is 8.65. The second-order valence-corrected chi connectivity index (χ2v) is 8.96. The zero-order valence-corrected chi connectivity index (χ0v) is 19.6. The Labute approximate surface area is 209 Å². The normalized spacial score (nSPS) is 13.2. The van der Waals surface area contributed by atoms with Crippen LogP contribution in [0.25, 0.3) is 17.2 Å². The van der Waals surface area contributed by atoms with Crippen molar-refractivity contribution < 1.29 is 9.53 Å². The van der Waals surface area contributed by atoms with Crippen LogP contribution in [0.15, 0.2) is 65.5 Å². The van der Waals surface area contributed by atoms with Crippen molar-refractivity contribution in [2.75, 3.05) is 5.73 Å². The maximum absolute atomic E-state index is 13.3. The Morgan fingerprint density at radius 3 is 2.69 bits per heavy atom. The van der Waals surface area contributed by atoms with E-state index in [4.69, 9.17) is 22.1 Å². The van der Waals surface area contributed by atoms with E-state index >= 15 is 0 Å². The lowest BCUT2D eigenvalue weighted by Crippen LogP contribution is -2.19. The van der Waals surface area contributed by atoms with Crippen molar-refractivity contribution >= 4 is 29.1 Å². The number of aromatic nitrogens is 6. The van der Waals surface area contributed by atoms with Crippen LogP contribution in [0, 0.1) is 0 Å². The summed E-state index contributed by atoms with van der Waals surface area (Å²) in [5.74, 6) is 1.03. The molecule has 0 bridgehead atoms. The van der Waals surface area contributed by atoms with E-state index in [0.717, 1.165) is 28.8 Å². The SMILES string of the molecule is Nc1cc(C2CC2)nn1C(=O)c1c(Cl)cccc1OCc1cc(=O)n2nc(-c3ccccc3)nc2[nH]1. The van der Waals surface area contributed by atoms with Crippen molar-refractivity contribution in [3.05, 3.63) is 93.0 Å². The first-order valence-corrected chi connectivity index (χ1v) is 11.7. The second-order valence-electron chi connectivity index (χ2n) is 8.56. The highest BCUT2D eigenvalue weighted by molar-refractivity contribution is 6.34. The number of aromatic amines is 1. The summed E-state index contributed by atoms with van der Waals surface area (Å²) in [5.41, 5.74) is 7.87. The summed E-state index contributed by atoms with van der Waals surface area (Å²) in [7, 11) is 0. The first-order valence-electron chi connectivity index (χ1n) is 11.3. The number of H-pyrrole nitrogens is 1. The average molecular weight is 502 g/mol. The van der Waals surface area contributed by atoms with Gasteiger partial charge in [-0.15, -0.1) is 5.10 Å². The number of ether oxygens (including phenoxy) is 1. The van der Waals surface area contributed by atoms with Crippen LogP contribution in [0.5, 0.6) is 5.75 Å². The molecule has 2 aromatic carbocycles. The van der Waals surface area contributed by atoms with Crippen molar-refractivity contribution in [1.29, 1.82) is 0 Å². The molecular formula is C25H20ClN7O3. The Kier molecular flexibility index (Phi) is 5.30. The van der Waals surface area contributed by atoms with Crippen molar-refractivity contribution in [1.82, 2.24) is 29.4 Å². The minimum Gasteiger partial charge on any atom is -0.486 e. The molecule has 0 aliphatic heterocycles. The topological polar surface area (TPSA) is 133 Å². The molecule has 36 heavy (non-hydrogen) atoms. The molecule has 1 fully saturated rings. The number of hydrogen-bond acceptors (Lipinski definition) is 7. The number of carbonyl (C=O) groups is 1. The van der Waals surface area contributed by atoms with Gasteiger partial charge in [-0.25, -0.2) is 0 Å². The lowest BCUT2D eigenvalue weighted by atomic mass is 10.2. The smallest absolute Gasteiger partial charge is 0.285 e.